The highest BCUT2D eigenvalue weighted by Crippen LogP contribution is 2.21. The van der Waals surface area contributed by atoms with Gasteiger partial charge in [-0.3, -0.25) is 4.90 Å². The fourth-order valence-electron chi connectivity index (χ4n) is 3.30. The van der Waals surface area contributed by atoms with E-state index >= 15 is 0 Å². The Kier molecular flexibility index (Phi) is 6.92. The van der Waals surface area contributed by atoms with Crippen LogP contribution in [0.3, 0.4) is 0 Å². The summed E-state index contributed by atoms with van der Waals surface area (Å²) in [7, 11) is -3.47. The summed E-state index contributed by atoms with van der Waals surface area (Å²) in [6.45, 7) is 7.49. The van der Waals surface area contributed by atoms with Gasteiger partial charge >= 0.3 is 0 Å². The molecule has 0 radical (unpaired) electrons. The normalized spacial score (nSPS) is 15.9. The van der Waals surface area contributed by atoms with Crippen LogP contribution in [-0.2, 0) is 10.0 Å². The molecule has 0 spiro atoms. The molecule has 0 aromatic heterocycles. The van der Waals surface area contributed by atoms with Crippen molar-refractivity contribution in [2.24, 2.45) is 0 Å². The third kappa shape index (κ3) is 5.54. The van der Waals surface area contributed by atoms with Gasteiger partial charge in [-0.05, 0) is 65.6 Å². The monoisotopic (exact) mass is 451 g/mol. The highest BCUT2D eigenvalue weighted by molar-refractivity contribution is 9.10. The van der Waals surface area contributed by atoms with Crippen molar-refractivity contribution in [1.82, 2.24) is 9.62 Å². The van der Waals surface area contributed by atoms with Crippen LogP contribution in [0.15, 0.2) is 57.9 Å². The summed E-state index contributed by atoms with van der Waals surface area (Å²) in [6.07, 6.45) is 0.800. The number of sulfonamides is 1. The molecule has 0 atom stereocenters. The van der Waals surface area contributed by atoms with E-state index in [1.807, 2.05) is 0 Å². The number of nitrogens with one attached hydrogen (secondary N) is 1. The largest absolute Gasteiger partial charge is 0.369 e. The summed E-state index contributed by atoms with van der Waals surface area (Å²) < 4.78 is 28.0. The van der Waals surface area contributed by atoms with Gasteiger partial charge in [-0.15, -0.1) is 0 Å². The molecule has 7 heteroatoms. The van der Waals surface area contributed by atoms with Gasteiger partial charge in [0, 0.05) is 42.9 Å². The van der Waals surface area contributed by atoms with Crippen LogP contribution in [0, 0.1) is 6.92 Å². The van der Waals surface area contributed by atoms with Crippen molar-refractivity contribution in [2.45, 2.75) is 18.2 Å². The molecule has 5 nitrogen and oxygen atoms in total. The van der Waals surface area contributed by atoms with Crippen molar-refractivity contribution in [3.8, 4) is 0 Å². The minimum absolute atomic E-state index is 0.289. The van der Waals surface area contributed by atoms with E-state index in [1.165, 1.54) is 11.3 Å². The number of hydrogen-bond donors (Lipinski definition) is 1. The van der Waals surface area contributed by atoms with Crippen LogP contribution < -0.4 is 9.62 Å². The van der Waals surface area contributed by atoms with Crippen LogP contribution in [0.25, 0.3) is 0 Å². The highest BCUT2D eigenvalue weighted by Gasteiger charge is 2.18. The van der Waals surface area contributed by atoms with Crippen LogP contribution in [-0.4, -0.2) is 52.6 Å². The summed E-state index contributed by atoms with van der Waals surface area (Å²) in [5.41, 5.74) is 2.57. The third-order valence-electron chi connectivity index (χ3n) is 4.81. The third-order valence-corrected chi connectivity index (χ3v) is 7.28. The Morgan fingerprint density at radius 2 is 1.78 bits per heavy atom. The topological polar surface area (TPSA) is 52.6 Å². The van der Waals surface area contributed by atoms with Crippen LogP contribution in [0.1, 0.15) is 12.0 Å². The van der Waals surface area contributed by atoms with Gasteiger partial charge in [-0.25, -0.2) is 13.1 Å². The number of piperazine rings is 1. The maximum atomic E-state index is 12.4. The second-order valence-electron chi connectivity index (χ2n) is 6.85. The molecule has 2 aromatic rings. The highest BCUT2D eigenvalue weighted by atomic mass is 79.9. The Bertz CT molecular complexity index is 865. The summed E-state index contributed by atoms with van der Waals surface area (Å²) in [4.78, 5) is 5.11. The van der Waals surface area contributed by atoms with E-state index in [-0.39, 0.29) is 4.90 Å². The first-order valence-electron chi connectivity index (χ1n) is 9.24. The lowest BCUT2D eigenvalue weighted by molar-refractivity contribution is 0.255. The van der Waals surface area contributed by atoms with E-state index < -0.39 is 10.0 Å². The smallest absolute Gasteiger partial charge is 0.241 e. The Hall–Kier alpha value is -1.41. The molecule has 2 aromatic carbocycles. The molecule has 27 heavy (non-hydrogen) atoms. The maximum absolute atomic E-state index is 12.4. The molecule has 1 heterocycles. The zero-order valence-electron chi connectivity index (χ0n) is 15.6. The first-order chi connectivity index (χ1) is 13.0. The van der Waals surface area contributed by atoms with Gasteiger partial charge in [0.2, 0.25) is 10.0 Å². The van der Waals surface area contributed by atoms with Crippen LogP contribution >= 0.6 is 15.9 Å². The van der Waals surface area contributed by atoms with E-state index in [2.05, 4.69) is 61.6 Å². The van der Waals surface area contributed by atoms with Crippen molar-refractivity contribution in [1.29, 1.82) is 0 Å². The van der Waals surface area contributed by atoms with Crippen molar-refractivity contribution in [3.05, 3.63) is 58.6 Å². The van der Waals surface area contributed by atoms with Gasteiger partial charge < -0.3 is 4.90 Å². The van der Waals surface area contributed by atoms with Gasteiger partial charge in [0.25, 0.3) is 0 Å². The summed E-state index contributed by atoms with van der Waals surface area (Å²) in [6, 6.07) is 15.5. The predicted octanol–water partition coefficient (Wildman–Crippen LogP) is 3.25. The molecule has 3 rings (SSSR count). The van der Waals surface area contributed by atoms with Crippen molar-refractivity contribution >= 4 is 31.6 Å². The van der Waals surface area contributed by atoms with Gasteiger partial charge in [0.1, 0.15) is 0 Å². The Morgan fingerprint density at radius 3 is 2.48 bits per heavy atom. The molecule has 146 valence electrons. The molecule has 1 N–H and O–H groups in total. The quantitative estimate of drug-likeness (QED) is 0.656. The fourth-order valence-corrected chi connectivity index (χ4v) is 5.38. The molecule has 0 amide bonds. The van der Waals surface area contributed by atoms with E-state index in [1.54, 1.807) is 24.3 Å². The van der Waals surface area contributed by atoms with Gasteiger partial charge in [-0.2, -0.15) is 0 Å². The number of halogens is 1. The molecular weight excluding hydrogens is 426 g/mol. The molecule has 1 fully saturated rings. The maximum Gasteiger partial charge on any atom is 0.241 e. The molecule has 1 aliphatic rings. The Labute approximate surface area is 170 Å². The second kappa shape index (κ2) is 9.19. The number of rotatable bonds is 7. The predicted molar refractivity (Wildman–Crippen MR) is 114 cm³/mol. The average Bonchev–Trinajstić information content (AvgIpc) is 2.66. The summed E-state index contributed by atoms with van der Waals surface area (Å²) in [5, 5.41) is 0. The van der Waals surface area contributed by atoms with Crippen LogP contribution in [0.5, 0.6) is 0 Å². The molecule has 0 aliphatic carbocycles. The first-order valence-corrected chi connectivity index (χ1v) is 11.5. The van der Waals surface area contributed by atoms with Crippen molar-refractivity contribution in [3.63, 3.8) is 0 Å². The van der Waals surface area contributed by atoms with E-state index in [9.17, 15) is 8.42 Å². The van der Waals surface area contributed by atoms with Crippen molar-refractivity contribution in [2.75, 3.05) is 44.2 Å². The lowest BCUT2D eigenvalue weighted by atomic mass is 10.2. The lowest BCUT2D eigenvalue weighted by Gasteiger charge is -2.36. The number of anilines is 1. The first kappa shape index (κ1) is 20.3. The number of nitrogens with zero attached hydrogens (tertiary/aromatic N) is 2. The zero-order chi connectivity index (χ0) is 19.3. The minimum Gasteiger partial charge on any atom is -0.369 e. The number of benzene rings is 2. The SMILES string of the molecule is Cc1cccc(N2CCN(CCCNS(=O)(=O)c3ccccc3Br)CC2)c1. The van der Waals surface area contributed by atoms with Gasteiger partial charge in [0.05, 0.1) is 4.90 Å². The van der Waals surface area contributed by atoms with Crippen molar-refractivity contribution < 1.29 is 8.42 Å². The average molecular weight is 452 g/mol. The summed E-state index contributed by atoms with van der Waals surface area (Å²) in [5.74, 6) is 0. The lowest BCUT2D eigenvalue weighted by Crippen LogP contribution is -2.47. The Balaban J connectivity index is 1.41. The molecule has 0 bridgehead atoms. The molecule has 0 unspecified atom stereocenters. The number of aryl methyl sites for hydroxylation is 1. The molecule has 1 saturated heterocycles. The van der Waals surface area contributed by atoms with E-state index in [4.69, 9.17) is 0 Å². The Morgan fingerprint density at radius 1 is 1.04 bits per heavy atom. The van der Waals surface area contributed by atoms with Gasteiger partial charge in [0.15, 0.2) is 0 Å². The van der Waals surface area contributed by atoms with Gasteiger partial charge in [-0.1, -0.05) is 24.3 Å². The zero-order valence-corrected chi connectivity index (χ0v) is 18.0. The van der Waals surface area contributed by atoms with E-state index in [0.717, 1.165) is 39.1 Å². The molecular formula is C20H26BrN3O2S. The molecule has 0 saturated carbocycles. The fraction of sp³-hybridized carbons (Fsp3) is 0.400. The molecule has 1 aliphatic heterocycles. The van der Waals surface area contributed by atoms with Crippen LogP contribution in [0.2, 0.25) is 0 Å². The minimum atomic E-state index is -3.47. The second-order valence-corrected chi connectivity index (χ2v) is 9.44. The van der Waals surface area contributed by atoms with E-state index in [0.29, 0.717) is 11.0 Å². The van der Waals surface area contributed by atoms with Crippen LogP contribution in [0.4, 0.5) is 5.69 Å². The standard InChI is InChI=1S/C20H26BrN3O2S/c1-17-6-4-7-18(16-17)24-14-12-23(13-15-24)11-5-10-22-27(25,26)20-9-3-2-8-19(20)21/h2-4,6-9,16,22H,5,10-15H2,1H3. The number of hydrogen-bond acceptors (Lipinski definition) is 4. The summed E-state index contributed by atoms with van der Waals surface area (Å²) >= 11 is 3.30.